The van der Waals surface area contributed by atoms with Gasteiger partial charge in [-0.25, -0.2) is 4.79 Å². The number of aryl methyl sites for hydroxylation is 1. The molecule has 1 amide bonds. The van der Waals surface area contributed by atoms with Gasteiger partial charge in [0.05, 0.1) is 18.8 Å². The number of carbonyl (C=O) groups is 1. The van der Waals surface area contributed by atoms with Crippen LogP contribution >= 0.6 is 23.4 Å². The van der Waals surface area contributed by atoms with Crippen molar-refractivity contribution >= 4 is 29.5 Å². The molecule has 3 aromatic rings. The first-order valence-corrected chi connectivity index (χ1v) is 13.3. The fourth-order valence-electron chi connectivity index (χ4n) is 3.53. The standard InChI is InChI=1S/C29H34ClNO5S/c1-29(2,3)36-28(34)31-26(18-32)27(33)15-13-21-12-14-24(17-25(21)30)37-23-11-7-10-22(16-23)35-19-20-8-5-4-6-9-20/h4-12,14,16-17,26-27,32-33H,13,15,18-19H2,1-3H3,(H,31,34). The fraction of sp³-hybridized carbons (Fsp3) is 0.345. The third-order valence-corrected chi connectivity index (χ3v) is 6.72. The molecule has 3 aromatic carbocycles. The third-order valence-electron chi connectivity index (χ3n) is 5.39. The Morgan fingerprint density at radius 1 is 1.03 bits per heavy atom. The van der Waals surface area contributed by atoms with E-state index < -0.39 is 30.4 Å². The summed E-state index contributed by atoms with van der Waals surface area (Å²) < 4.78 is 11.1. The quantitative estimate of drug-likeness (QED) is 0.265. The number of nitrogens with one attached hydrogen (secondary N) is 1. The molecule has 0 aliphatic carbocycles. The predicted molar refractivity (Wildman–Crippen MR) is 147 cm³/mol. The molecular weight excluding hydrogens is 510 g/mol. The van der Waals surface area contributed by atoms with Crippen molar-refractivity contribution in [1.82, 2.24) is 5.32 Å². The van der Waals surface area contributed by atoms with Crippen molar-refractivity contribution in [2.24, 2.45) is 0 Å². The fourth-order valence-corrected chi connectivity index (χ4v) is 4.77. The van der Waals surface area contributed by atoms with E-state index in [4.69, 9.17) is 21.1 Å². The van der Waals surface area contributed by atoms with Crippen molar-refractivity contribution in [3.63, 3.8) is 0 Å². The van der Waals surface area contributed by atoms with Crippen LogP contribution in [0.4, 0.5) is 4.79 Å². The Hall–Kier alpha value is -2.71. The Kier molecular flexibility index (Phi) is 10.7. The molecular formula is C29H34ClNO5S. The first-order chi connectivity index (χ1) is 17.6. The zero-order valence-corrected chi connectivity index (χ0v) is 22.9. The van der Waals surface area contributed by atoms with Crippen LogP contribution in [0.25, 0.3) is 0 Å². The maximum Gasteiger partial charge on any atom is 0.408 e. The minimum absolute atomic E-state index is 0.314. The second-order valence-corrected chi connectivity index (χ2v) is 11.2. The van der Waals surface area contributed by atoms with Gasteiger partial charge in [0.2, 0.25) is 0 Å². The van der Waals surface area contributed by atoms with Crippen LogP contribution in [-0.2, 0) is 17.8 Å². The number of benzene rings is 3. The number of aliphatic hydroxyl groups is 2. The summed E-state index contributed by atoms with van der Waals surface area (Å²) in [7, 11) is 0. The van der Waals surface area contributed by atoms with E-state index >= 15 is 0 Å². The van der Waals surface area contributed by atoms with Crippen LogP contribution in [0, 0.1) is 0 Å². The van der Waals surface area contributed by atoms with Crippen molar-refractivity contribution in [1.29, 1.82) is 0 Å². The number of aliphatic hydroxyl groups excluding tert-OH is 2. The summed E-state index contributed by atoms with van der Waals surface area (Å²) in [6, 6.07) is 22.9. The maximum atomic E-state index is 12.0. The largest absolute Gasteiger partial charge is 0.489 e. The zero-order valence-electron chi connectivity index (χ0n) is 21.3. The molecule has 0 aliphatic rings. The van der Waals surface area contributed by atoms with Crippen LogP contribution in [0.15, 0.2) is 82.6 Å². The molecule has 0 aliphatic heterocycles. The van der Waals surface area contributed by atoms with Crippen LogP contribution in [-0.4, -0.2) is 40.7 Å². The molecule has 0 radical (unpaired) electrons. The van der Waals surface area contributed by atoms with E-state index in [0.29, 0.717) is 24.5 Å². The molecule has 2 unspecified atom stereocenters. The van der Waals surface area contributed by atoms with E-state index in [1.54, 1.807) is 32.5 Å². The summed E-state index contributed by atoms with van der Waals surface area (Å²) in [6.45, 7) is 5.34. The van der Waals surface area contributed by atoms with Crippen LogP contribution in [0.1, 0.15) is 38.3 Å². The molecule has 37 heavy (non-hydrogen) atoms. The summed E-state index contributed by atoms with van der Waals surface area (Å²) in [5.41, 5.74) is 1.32. The highest BCUT2D eigenvalue weighted by atomic mass is 35.5. The van der Waals surface area contributed by atoms with E-state index in [2.05, 4.69) is 5.32 Å². The topological polar surface area (TPSA) is 88.0 Å². The average molecular weight is 544 g/mol. The molecule has 0 spiro atoms. The van der Waals surface area contributed by atoms with E-state index in [1.165, 1.54) is 0 Å². The zero-order chi connectivity index (χ0) is 26.8. The summed E-state index contributed by atoms with van der Waals surface area (Å²) in [6.07, 6.45) is -0.838. The number of ether oxygens (including phenoxy) is 2. The number of rotatable bonds is 11. The highest BCUT2D eigenvalue weighted by molar-refractivity contribution is 7.99. The summed E-state index contributed by atoms with van der Waals surface area (Å²) in [5, 5.41) is 23.2. The maximum absolute atomic E-state index is 12.0. The molecule has 0 fully saturated rings. The average Bonchev–Trinajstić information content (AvgIpc) is 2.85. The van der Waals surface area contributed by atoms with Gasteiger partial charge >= 0.3 is 6.09 Å². The van der Waals surface area contributed by atoms with Crippen molar-refractivity contribution in [3.8, 4) is 5.75 Å². The normalized spacial score (nSPS) is 13.0. The molecule has 0 heterocycles. The lowest BCUT2D eigenvalue weighted by molar-refractivity contribution is 0.0338. The number of alkyl carbamates (subject to hydrolysis) is 1. The van der Waals surface area contributed by atoms with Gasteiger partial charge in [-0.3, -0.25) is 0 Å². The highest BCUT2D eigenvalue weighted by Gasteiger charge is 2.24. The Morgan fingerprint density at radius 2 is 1.76 bits per heavy atom. The van der Waals surface area contributed by atoms with Gasteiger partial charge in [-0.2, -0.15) is 0 Å². The van der Waals surface area contributed by atoms with Gasteiger partial charge in [0, 0.05) is 14.8 Å². The molecule has 0 bridgehead atoms. The smallest absolute Gasteiger partial charge is 0.408 e. The first kappa shape index (κ1) is 28.9. The lowest BCUT2D eigenvalue weighted by Gasteiger charge is -2.25. The van der Waals surface area contributed by atoms with E-state index in [-0.39, 0.29) is 0 Å². The van der Waals surface area contributed by atoms with Gasteiger partial charge in [-0.1, -0.05) is 65.8 Å². The summed E-state index contributed by atoms with van der Waals surface area (Å²) >= 11 is 8.12. The monoisotopic (exact) mass is 543 g/mol. The summed E-state index contributed by atoms with van der Waals surface area (Å²) in [4.78, 5) is 14.0. The number of hydrogen-bond donors (Lipinski definition) is 3. The Morgan fingerprint density at radius 3 is 2.43 bits per heavy atom. The second-order valence-electron chi connectivity index (χ2n) is 9.65. The molecule has 6 nitrogen and oxygen atoms in total. The molecule has 8 heteroatoms. The molecule has 198 valence electrons. The number of amides is 1. The highest BCUT2D eigenvalue weighted by Crippen LogP contribution is 2.33. The van der Waals surface area contributed by atoms with Crippen molar-refractivity contribution in [3.05, 3.63) is 88.9 Å². The minimum Gasteiger partial charge on any atom is -0.489 e. The third kappa shape index (κ3) is 9.93. The van der Waals surface area contributed by atoms with Gasteiger partial charge in [0.25, 0.3) is 0 Å². The second kappa shape index (κ2) is 13.7. The van der Waals surface area contributed by atoms with Crippen LogP contribution in [0.3, 0.4) is 0 Å². The Balaban J connectivity index is 1.54. The molecule has 0 saturated carbocycles. The van der Waals surface area contributed by atoms with Crippen LogP contribution < -0.4 is 10.1 Å². The molecule has 0 aromatic heterocycles. The number of carbonyl (C=O) groups excluding carboxylic acids is 1. The van der Waals surface area contributed by atoms with Crippen molar-refractivity contribution in [2.75, 3.05) is 6.61 Å². The lowest BCUT2D eigenvalue weighted by atomic mass is 10.0. The van der Waals surface area contributed by atoms with Crippen molar-refractivity contribution in [2.45, 2.75) is 67.8 Å². The van der Waals surface area contributed by atoms with Gasteiger partial charge in [0.15, 0.2) is 0 Å². The van der Waals surface area contributed by atoms with E-state index in [9.17, 15) is 15.0 Å². The van der Waals surface area contributed by atoms with Crippen LogP contribution in [0.2, 0.25) is 5.02 Å². The first-order valence-electron chi connectivity index (χ1n) is 12.1. The van der Waals surface area contributed by atoms with Gasteiger partial charge < -0.3 is 25.0 Å². The van der Waals surface area contributed by atoms with Gasteiger partial charge in [0.1, 0.15) is 18.0 Å². The predicted octanol–water partition coefficient (Wildman–Crippen LogP) is 6.25. The minimum atomic E-state index is -0.957. The van der Waals surface area contributed by atoms with Gasteiger partial charge in [-0.15, -0.1) is 0 Å². The lowest BCUT2D eigenvalue weighted by Crippen LogP contribution is -2.47. The number of halogens is 1. The van der Waals surface area contributed by atoms with Crippen LogP contribution in [0.5, 0.6) is 5.75 Å². The Bertz CT molecular complexity index is 1150. The SMILES string of the molecule is CC(C)(C)OC(=O)NC(CO)C(O)CCc1ccc(Sc2cccc(OCc3ccccc3)c2)cc1Cl. The van der Waals surface area contributed by atoms with E-state index in [0.717, 1.165) is 26.7 Å². The van der Waals surface area contributed by atoms with Gasteiger partial charge in [-0.05, 0) is 75.1 Å². The molecule has 3 N–H and O–H groups in total. The Labute approximate surface area is 228 Å². The van der Waals surface area contributed by atoms with Crippen molar-refractivity contribution < 1.29 is 24.5 Å². The number of hydrogen-bond acceptors (Lipinski definition) is 6. The van der Waals surface area contributed by atoms with E-state index in [1.807, 2.05) is 72.8 Å². The molecule has 2 atom stereocenters. The summed E-state index contributed by atoms with van der Waals surface area (Å²) in [5.74, 6) is 0.795. The molecule has 0 saturated heterocycles. The molecule has 3 rings (SSSR count).